The normalized spacial score (nSPS) is 10.6. The van der Waals surface area contributed by atoms with Crippen LogP contribution < -0.4 is 0 Å². The first-order chi connectivity index (χ1) is 11.0. The average Bonchev–Trinajstić information content (AvgIpc) is 3.14. The van der Waals surface area contributed by atoms with Gasteiger partial charge in [-0.05, 0) is 12.1 Å². The third-order valence-corrected chi connectivity index (χ3v) is 3.11. The summed E-state index contributed by atoms with van der Waals surface area (Å²) in [5.41, 5.74) is 1.05. The van der Waals surface area contributed by atoms with E-state index in [0.29, 0.717) is 5.56 Å². The highest BCUT2D eigenvalue weighted by Gasteiger charge is 2.23. The summed E-state index contributed by atoms with van der Waals surface area (Å²) in [7, 11) is 0. The van der Waals surface area contributed by atoms with Crippen LogP contribution in [0.3, 0.4) is 0 Å². The third-order valence-electron chi connectivity index (χ3n) is 3.11. The minimum absolute atomic E-state index is 0.0819. The van der Waals surface area contributed by atoms with Gasteiger partial charge in [-0.2, -0.15) is 10.2 Å². The summed E-state index contributed by atoms with van der Waals surface area (Å²) in [5, 5.41) is 28.1. The molecule has 3 aromatic rings. The second kappa shape index (κ2) is 5.72. The van der Waals surface area contributed by atoms with Gasteiger partial charge >= 0.3 is 11.7 Å². The number of aliphatic carboxylic acids is 1. The monoisotopic (exact) mass is 313 g/mol. The van der Waals surface area contributed by atoms with Crippen LogP contribution in [0.2, 0.25) is 0 Å². The molecule has 1 aromatic carbocycles. The van der Waals surface area contributed by atoms with E-state index in [1.165, 1.54) is 6.20 Å². The van der Waals surface area contributed by atoms with E-state index in [9.17, 15) is 14.9 Å². The molecule has 2 heterocycles. The summed E-state index contributed by atoms with van der Waals surface area (Å²) >= 11 is 0. The third kappa shape index (κ3) is 2.93. The van der Waals surface area contributed by atoms with Crippen LogP contribution in [0.1, 0.15) is 0 Å². The molecule has 0 atom stereocenters. The topological polar surface area (TPSA) is 116 Å². The number of benzene rings is 1. The number of rotatable bonds is 5. The van der Waals surface area contributed by atoms with Gasteiger partial charge in [-0.1, -0.05) is 18.2 Å². The zero-order valence-electron chi connectivity index (χ0n) is 11.7. The van der Waals surface area contributed by atoms with Crippen LogP contribution in [0, 0.1) is 10.1 Å². The molecular formula is C14H11N5O4. The highest BCUT2D eigenvalue weighted by Crippen LogP contribution is 2.28. The minimum atomic E-state index is -1.13. The van der Waals surface area contributed by atoms with E-state index in [0.717, 1.165) is 16.6 Å². The van der Waals surface area contributed by atoms with Crippen molar-refractivity contribution >= 4 is 11.7 Å². The van der Waals surface area contributed by atoms with Crippen LogP contribution in [0.5, 0.6) is 0 Å². The number of nitrogens with zero attached hydrogens (tertiary/aromatic N) is 5. The van der Waals surface area contributed by atoms with Crippen molar-refractivity contribution in [1.29, 1.82) is 0 Å². The van der Waals surface area contributed by atoms with E-state index < -0.39 is 17.4 Å². The van der Waals surface area contributed by atoms with Gasteiger partial charge < -0.3 is 5.11 Å². The summed E-state index contributed by atoms with van der Waals surface area (Å²) < 4.78 is 2.59. The van der Waals surface area contributed by atoms with Gasteiger partial charge in [0.05, 0.1) is 16.8 Å². The molecule has 0 aliphatic heterocycles. The number of carbonyl (C=O) groups is 1. The van der Waals surface area contributed by atoms with Crippen molar-refractivity contribution in [3.63, 3.8) is 0 Å². The largest absolute Gasteiger partial charge is 0.480 e. The van der Waals surface area contributed by atoms with Gasteiger partial charge in [0.25, 0.3) is 0 Å². The SMILES string of the molecule is O=C(O)Cn1cc([N+](=O)[O-])c(-c2cnn(-c3ccccc3)c2)n1. The number of para-hydroxylation sites is 1. The van der Waals surface area contributed by atoms with Crippen molar-refractivity contribution in [3.05, 3.63) is 59.0 Å². The molecule has 0 unspecified atom stereocenters. The highest BCUT2D eigenvalue weighted by atomic mass is 16.6. The van der Waals surface area contributed by atoms with Crippen molar-refractivity contribution in [2.75, 3.05) is 0 Å². The first-order valence-corrected chi connectivity index (χ1v) is 6.58. The lowest BCUT2D eigenvalue weighted by Crippen LogP contribution is -2.08. The first kappa shape index (κ1) is 14.4. The molecule has 0 aliphatic carbocycles. The molecule has 1 N–H and O–H groups in total. The van der Waals surface area contributed by atoms with Gasteiger partial charge in [0, 0.05) is 11.8 Å². The fourth-order valence-corrected chi connectivity index (χ4v) is 2.14. The van der Waals surface area contributed by atoms with E-state index >= 15 is 0 Å². The lowest BCUT2D eigenvalue weighted by molar-refractivity contribution is -0.384. The molecule has 0 amide bonds. The molecule has 0 saturated carbocycles. The summed E-state index contributed by atoms with van der Waals surface area (Å²) in [6.45, 7) is -0.451. The Morgan fingerprint density at radius 3 is 2.65 bits per heavy atom. The van der Waals surface area contributed by atoms with E-state index in [1.54, 1.807) is 10.9 Å². The van der Waals surface area contributed by atoms with Gasteiger partial charge in [0.2, 0.25) is 0 Å². The van der Waals surface area contributed by atoms with Crippen molar-refractivity contribution < 1.29 is 14.8 Å². The van der Waals surface area contributed by atoms with Gasteiger partial charge in [-0.15, -0.1) is 0 Å². The molecule has 9 heteroatoms. The Kier molecular flexibility index (Phi) is 3.59. The number of carboxylic acids is 1. The molecule has 0 bridgehead atoms. The van der Waals surface area contributed by atoms with Crippen LogP contribution in [0.4, 0.5) is 5.69 Å². The fourth-order valence-electron chi connectivity index (χ4n) is 2.14. The van der Waals surface area contributed by atoms with Crippen molar-refractivity contribution in [3.8, 4) is 16.9 Å². The maximum absolute atomic E-state index is 11.1. The lowest BCUT2D eigenvalue weighted by Gasteiger charge is -1.98. The molecule has 0 aliphatic rings. The quantitative estimate of drug-likeness (QED) is 0.566. The Labute approximate surface area is 129 Å². The van der Waals surface area contributed by atoms with Crippen molar-refractivity contribution in [1.82, 2.24) is 19.6 Å². The molecule has 3 rings (SSSR count). The molecule has 0 saturated heterocycles. The second-order valence-electron chi connectivity index (χ2n) is 4.72. The number of aromatic nitrogens is 4. The second-order valence-corrected chi connectivity index (χ2v) is 4.72. The number of carboxylic acid groups (broad SMARTS) is 1. The Bertz CT molecular complexity index is 868. The molecule has 0 fully saturated rings. The maximum Gasteiger partial charge on any atom is 0.325 e. The van der Waals surface area contributed by atoms with Crippen LogP contribution in [-0.2, 0) is 11.3 Å². The van der Waals surface area contributed by atoms with Crippen LogP contribution in [0.15, 0.2) is 48.9 Å². The number of hydrogen-bond donors (Lipinski definition) is 1. The molecule has 2 aromatic heterocycles. The number of hydrogen-bond acceptors (Lipinski definition) is 5. The number of nitro groups is 1. The summed E-state index contributed by atoms with van der Waals surface area (Å²) in [6, 6.07) is 9.25. The van der Waals surface area contributed by atoms with Crippen LogP contribution in [0.25, 0.3) is 16.9 Å². The molecular weight excluding hydrogens is 302 g/mol. The smallest absolute Gasteiger partial charge is 0.325 e. The molecule has 0 spiro atoms. The molecule has 0 radical (unpaired) electrons. The highest BCUT2D eigenvalue weighted by molar-refractivity contribution is 5.70. The average molecular weight is 313 g/mol. The van der Waals surface area contributed by atoms with Crippen molar-refractivity contribution in [2.24, 2.45) is 0 Å². The van der Waals surface area contributed by atoms with Gasteiger partial charge in [0.15, 0.2) is 5.69 Å². The van der Waals surface area contributed by atoms with E-state index in [1.807, 2.05) is 30.3 Å². The van der Waals surface area contributed by atoms with Crippen LogP contribution in [-0.4, -0.2) is 35.6 Å². The molecule has 23 heavy (non-hydrogen) atoms. The standard InChI is InChI=1S/C14H11N5O4/c20-13(21)9-17-8-12(19(22)23)14(16-17)10-6-15-18(7-10)11-4-2-1-3-5-11/h1-8H,9H2,(H,20,21). The zero-order valence-corrected chi connectivity index (χ0v) is 11.7. The Morgan fingerprint density at radius 1 is 1.26 bits per heavy atom. The Hall–Kier alpha value is -3.49. The Balaban J connectivity index is 2.01. The predicted molar refractivity (Wildman–Crippen MR) is 79.1 cm³/mol. The predicted octanol–water partition coefficient (Wildman–Crippen LogP) is 1.73. The van der Waals surface area contributed by atoms with Crippen LogP contribution >= 0.6 is 0 Å². The molecule has 9 nitrogen and oxygen atoms in total. The minimum Gasteiger partial charge on any atom is -0.480 e. The lowest BCUT2D eigenvalue weighted by atomic mass is 10.2. The summed E-state index contributed by atoms with van der Waals surface area (Å²) in [6.07, 6.45) is 4.16. The van der Waals surface area contributed by atoms with E-state index in [2.05, 4.69) is 10.2 Å². The first-order valence-electron chi connectivity index (χ1n) is 6.58. The van der Waals surface area contributed by atoms with Gasteiger partial charge in [-0.3, -0.25) is 19.6 Å². The van der Waals surface area contributed by atoms with E-state index in [4.69, 9.17) is 5.11 Å². The van der Waals surface area contributed by atoms with Crippen molar-refractivity contribution in [2.45, 2.75) is 6.54 Å². The van der Waals surface area contributed by atoms with E-state index in [-0.39, 0.29) is 11.4 Å². The maximum atomic E-state index is 11.1. The summed E-state index contributed by atoms with van der Waals surface area (Å²) in [4.78, 5) is 21.3. The zero-order chi connectivity index (χ0) is 16.4. The Morgan fingerprint density at radius 2 is 2.00 bits per heavy atom. The van der Waals surface area contributed by atoms with Gasteiger partial charge in [0.1, 0.15) is 12.7 Å². The fraction of sp³-hybridized carbons (Fsp3) is 0.0714. The molecule has 116 valence electrons. The van der Waals surface area contributed by atoms with Gasteiger partial charge in [-0.25, -0.2) is 4.68 Å². The summed E-state index contributed by atoms with van der Waals surface area (Å²) in [5.74, 6) is -1.13.